The Morgan fingerprint density at radius 3 is 2.79 bits per heavy atom. The van der Waals surface area contributed by atoms with Crippen LogP contribution in [-0.2, 0) is 11.8 Å². The Morgan fingerprint density at radius 2 is 2.21 bits per heavy atom. The summed E-state index contributed by atoms with van der Waals surface area (Å²) >= 11 is 0. The molecule has 1 aromatic heterocycles. The summed E-state index contributed by atoms with van der Waals surface area (Å²) in [6.07, 6.45) is 0. The molecule has 14 heavy (non-hydrogen) atoms. The first-order chi connectivity index (χ1) is 6.74. The van der Waals surface area contributed by atoms with Crippen molar-refractivity contribution in [2.45, 2.75) is 18.9 Å². The van der Waals surface area contributed by atoms with Crippen LogP contribution in [0.1, 0.15) is 17.6 Å². The van der Waals surface area contributed by atoms with Crippen LogP contribution in [0.25, 0.3) is 0 Å². The molecule has 0 aromatic carbocycles. The van der Waals surface area contributed by atoms with Gasteiger partial charge in [0.25, 0.3) is 0 Å². The molecule has 0 spiro atoms. The number of hydrogen-bond donors (Lipinski definition) is 1. The van der Waals surface area contributed by atoms with Crippen molar-refractivity contribution in [3.8, 4) is 0 Å². The highest BCUT2D eigenvalue weighted by molar-refractivity contribution is 5.06. The molecule has 0 radical (unpaired) electrons. The molecule has 5 heteroatoms. The maximum absolute atomic E-state index is 5.44. The lowest BCUT2D eigenvalue weighted by Crippen LogP contribution is -2.32. The van der Waals surface area contributed by atoms with Crippen LogP contribution in [0.2, 0.25) is 0 Å². The molecular formula is C9H16N4O. The minimum Gasteiger partial charge on any atom is -0.379 e. The predicted molar refractivity (Wildman–Crippen MR) is 52.1 cm³/mol. The van der Waals surface area contributed by atoms with Crippen LogP contribution in [0.5, 0.6) is 0 Å². The van der Waals surface area contributed by atoms with Gasteiger partial charge in [0.05, 0.1) is 19.1 Å². The SMILES string of the molecule is CNC1COCC1c1nnc(C)n1C. The van der Waals surface area contributed by atoms with Gasteiger partial charge in [-0.05, 0) is 14.0 Å². The molecule has 1 aliphatic rings. The molecule has 2 unspecified atom stereocenters. The van der Waals surface area contributed by atoms with Gasteiger partial charge >= 0.3 is 0 Å². The van der Waals surface area contributed by atoms with Crippen molar-refractivity contribution in [1.82, 2.24) is 20.1 Å². The summed E-state index contributed by atoms with van der Waals surface area (Å²) in [6.45, 7) is 3.45. The third-order valence-corrected chi connectivity index (χ3v) is 2.91. The summed E-state index contributed by atoms with van der Waals surface area (Å²) in [7, 11) is 3.95. The van der Waals surface area contributed by atoms with Crippen LogP contribution in [0.15, 0.2) is 0 Å². The van der Waals surface area contributed by atoms with Gasteiger partial charge in [-0.1, -0.05) is 0 Å². The first-order valence-electron chi connectivity index (χ1n) is 4.85. The van der Waals surface area contributed by atoms with Crippen LogP contribution in [0.4, 0.5) is 0 Å². The van der Waals surface area contributed by atoms with Gasteiger partial charge in [-0.3, -0.25) is 0 Å². The number of aromatic nitrogens is 3. The van der Waals surface area contributed by atoms with E-state index in [0.717, 1.165) is 24.9 Å². The Kier molecular flexibility index (Phi) is 2.52. The molecule has 0 aliphatic carbocycles. The summed E-state index contributed by atoms with van der Waals surface area (Å²) in [5.41, 5.74) is 0. The van der Waals surface area contributed by atoms with E-state index in [9.17, 15) is 0 Å². The van der Waals surface area contributed by atoms with E-state index in [1.807, 2.05) is 25.6 Å². The second-order valence-electron chi connectivity index (χ2n) is 3.70. The van der Waals surface area contributed by atoms with E-state index in [4.69, 9.17) is 4.74 Å². The molecule has 5 nitrogen and oxygen atoms in total. The van der Waals surface area contributed by atoms with E-state index in [1.165, 1.54) is 0 Å². The largest absolute Gasteiger partial charge is 0.379 e. The van der Waals surface area contributed by atoms with Gasteiger partial charge in [0.2, 0.25) is 0 Å². The molecule has 0 amide bonds. The lowest BCUT2D eigenvalue weighted by Gasteiger charge is -2.15. The first-order valence-corrected chi connectivity index (χ1v) is 4.85. The van der Waals surface area contributed by atoms with E-state index >= 15 is 0 Å². The molecule has 1 saturated heterocycles. The molecule has 2 heterocycles. The van der Waals surface area contributed by atoms with E-state index in [-0.39, 0.29) is 0 Å². The smallest absolute Gasteiger partial charge is 0.139 e. The molecule has 0 saturated carbocycles. The maximum Gasteiger partial charge on any atom is 0.139 e. The van der Waals surface area contributed by atoms with E-state index in [2.05, 4.69) is 15.5 Å². The highest BCUT2D eigenvalue weighted by atomic mass is 16.5. The van der Waals surface area contributed by atoms with Gasteiger partial charge in [-0.25, -0.2) is 0 Å². The Hall–Kier alpha value is -0.940. The number of rotatable bonds is 2. The van der Waals surface area contributed by atoms with Crippen LogP contribution in [0, 0.1) is 6.92 Å². The number of likely N-dealkylation sites (N-methyl/N-ethyl adjacent to an activating group) is 1. The molecule has 1 aliphatic heterocycles. The van der Waals surface area contributed by atoms with Gasteiger partial charge in [0, 0.05) is 13.1 Å². The average Bonchev–Trinajstić information content (AvgIpc) is 2.75. The van der Waals surface area contributed by atoms with Crippen molar-refractivity contribution >= 4 is 0 Å². The summed E-state index contributed by atoms with van der Waals surface area (Å²) in [4.78, 5) is 0. The van der Waals surface area contributed by atoms with E-state index < -0.39 is 0 Å². The fraction of sp³-hybridized carbons (Fsp3) is 0.778. The van der Waals surface area contributed by atoms with E-state index in [0.29, 0.717) is 12.0 Å². The molecule has 1 N–H and O–H groups in total. The number of hydrogen-bond acceptors (Lipinski definition) is 4. The quantitative estimate of drug-likeness (QED) is 0.713. The summed E-state index contributed by atoms with van der Waals surface area (Å²) < 4.78 is 7.47. The number of nitrogens with zero attached hydrogens (tertiary/aromatic N) is 3. The summed E-state index contributed by atoms with van der Waals surface area (Å²) in [5.74, 6) is 2.28. The topological polar surface area (TPSA) is 52.0 Å². The zero-order valence-corrected chi connectivity index (χ0v) is 8.82. The Labute approximate surface area is 83.5 Å². The highest BCUT2D eigenvalue weighted by Crippen LogP contribution is 2.23. The molecule has 1 aromatic rings. The lowest BCUT2D eigenvalue weighted by atomic mass is 10.0. The van der Waals surface area contributed by atoms with Gasteiger partial charge in [0.15, 0.2) is 0 Å². The minimum absolute atomic E-state index is 0.325. The van der Waals surface area contributed by atoms with Crippen LogP contribution in [0.3, 0.4) is 0 Å². The third-order valence-electron chi connectivity index (χ3n) is 2.91. The molecule has 78 valence electrons. The number of aryl methyl sites for hydroxylation is 1. The highest BCUT2D eigenvalue weighted by Gasteiger charge is 2.31. The molecular weight excluding hydrogens is 180 g/mol. The third kappa shape index (κ3) is 1.42. The first kappa shape index (κ1) is 9.61. The van der Waals surface area contributed by atoms with Gasteiger partial charge in [-0.2, -0.15) is 0 Å². The monoisotopic (exact) mass is 196 g/mol. The minimum atomic E-state index is 0.325. The van der Waals surface area contributed by atoms with Gasteiger partial charge in [0.1, 0.15) is 11.6 Å². The van der Waals surface area contributed by atoms with E-state index in [1.54, 1.807) is 0 Å². The second kappa shape index (κ2) is 3.67. The predicted octanol–water partition coefficient (Wildman–Crippen LogP) is -0.175. The van der Waals surface area contributed by atoms with Gasteiger partial charge in [-0.15, -0.1) is 10.2 Å². The average molecular weight is 196 g/mol. The fourth-order valence-corrected chi connectivity index (χ4v) is 1.84. The maximum atomic E-state index is 5.44. The second-order valence-corrected chi connectivity index (χ2v) is 3.70. The van der Waals surface area contributed by atoms with Crippen molar-refractivity contribution in [3.05, 3.63) is 11.6 Å². The molecule has 2 atom stereocenters. The normalized spacial score (nSPS) is 27.1. The van der Waals surface area contributed by atoms with Crippen molar-refractivity contribution in [2.75, 3.05) is 20.3 Å². The Morgan fingerprint density at radius 1 is 1.43 bits per heavy atom. The zero-order valence-electron chi connectivity index (χ0n) is 8.82. The Balaban J connectivity index is 2.26. The lowest BCUT2D eigenvalue weighted by molar-refractivity contribution is 0.187. The van der Waals surface area contributed by atoms with Gasteiger partial charge < -0.3 is 14.6 Å². The fourth-order valence-electron chi connectivity index (χ4n) is 1.84. The summed E-state index contributed by atoms with van der Waals surface area (Å²) in [6, 6.07) is 0.359. The Bertz CT molecular complexity index is 323. The number of nitrogens with one attached hydrogen (secondary N) is 1. The summed E-state index contributed by atoms with van der Waals surface area (Å²) in [5, 5.41) is 11.5. The molecule has 1 fully saturated rings. The zero-order chi connectivity index (χ0) is 10.1. The molecule has 0 bridgehead atoms. The molecule has 2 rings (SSSR count). The van der Waals surface area contributed by atoms with Crippen molar-refractivity contribution in [1.29, 1.82) is 0 Å². The number of ether oxygens (including phenoxy) is 1. The van der Waals surface area contributed by atoms with Crippen molar-refractivity contribution in [3.63, 3.8) is 0 Å². The van der Waals surface area contributed by atoms with Crippen molar-refractivity contribution in [2.24, 2.45) is 7.05 Å². The standard InChI is InChI=1S/C9H16N4O/c1-6-11-12-9(13(6)3)7-4-14-5-8(7)10-2/h7-8,10H,4-5H2,1-3H3. The van der Waals surface area contributed by atoms with Crippen LogP contribution < -0.4 is 5.32 Å². The van der Waals surface area contributed by atoms with Crippen LogP contribution in [-0.4, -0.2) is 41.1 Å². The van der Waals surface area contributed by atoms with Crippen molar-refractivity contribution < 1.29 is 4.74 Å². The van der Waals surface area contributed by atoms with Crippen LogP contribution >= 0.6 is 0 Å².